The molecule has 2 heterocycles. The van der Waals surface area contributed by atoms with E-state index in [0.29, 0.717) is 17.1 Å². The summed E-state index contributed by atoms with van der Waals surface area (Å²) in [6, 6.07) is 6.29. The molecule has 1 N–H and O–H groups in total. The van der Waals surface area contributed by atoms with Gasteiger partial charge in [-0.05, 0) is 46.6 Å². The molecule has 0 saturated heterocycles. The zero-order chi connectivity index (χ0) is 23.0. The summed E-state index contributed by atoms with van der Waals surface area (Å²) >= 11 is 9.36. The Hall–Kier alpha value is -2.11. The molecule has 0 unspecified atom stereocenters. The molecule has 0 amide bonds. The Morgan fingerprint density at radius 1 is 1.26 bits per heavy atom. The first-order valence-electron chi connectivity index (χ1n) is 9.00. The van der Waals surface area contributed by atoms with E-state index < -0.39 is 15.5 Å². The number of anilines is 1. The van der Waals surface area contributed by atoms with Crippen LogP contribution in [-0.2, 0) is 23.5 Å². The third-order valence-corrected chi connectivity index (χ3v) is 6.41. The first kappa shape index (κ1) is 23.6. The van der Waals surface area contributed by atoms with Crippen LogP contribution < -0.4 is 4.72 Å². The Bertz CT molecular complexity index is 1230. The van der Waals surface area contributed by atoms with Gasteiger partial charge in [-0.25, -0.2) is 4.98 Å². The summed E-state index contributed by atoms with van der Waals surface area (Å²) in [6.45, 7) is 2.06. The monoisotopic (exact) mass is 536 g/mol. The number of benzene rings is 1. The van der Waals surface area contributed by atoms with Gasteiger partial charge in [0, 0.05) is 40.7 Å². The highest BCUT2D eigenvalue weighted by atomic mass is 79.9. The molecule has 31 heavy (non-hydrogen) atoms. The lowest BCUT2D eigenvalue weighted by atomic mass is 10.1. The van der Waals surface area contributed by atoms with Gasteiger partial charge in [0.1, 0.15) is 5.82 Å². The van der Waals surface area contributed by atoms with Gasteiger partial charge in [-0.15, -0.1) is 0 Å². The second kappa shape index (κ2) is 8.79. The van der Waals surface area contributed by atoms with Gasteiger partial charge in [-0.2, -0.15) is 21.6 Å². The Balaban J connectivity index is 1.99. The maximum absolute atomic E-state index is 12.7. The van der Waals surface area contributed by atoms with Crippen molar-refractivity contribution < 1.29 is 21.6 Å². The highest BCUT2D eigenvalue weighted by molar-refractivity contribution is 9.10. The minimum absolute atomic E-state index is 0.0362. The fourth-order valence-electron chi connectivity index (χ4n) is 2.90. The number of rotatable bonds is 6. The lowest BCUT2D eigenvalue weighted by molar-refractivity contribution is -0.0429. The molecule has 3 rings (SSSR count). The summed E-state index contributed by atoms with van der Waals surface area (Å²) in [7, 11) is -3.77. The molecule has 0 radical (unpaired) electrons. The van der Waals surface area contributed by atoms with Crippen molar-refractivity contribution in [3.63, 3.8) is 0 Å². The largest absolute Gasteiger partial charge is 0.516 e. The van der Waals surface area contributed by atoms with Gasteiger partial charge >= 0.3 is 15.5 Å². The number of pyridine rings is 1. The van der Waals surface area contributed by atoms with Gasteiger partial charge in [0.2, 0.25) is 0 Å². The Kier molecular flexibility index (Phi) is 6.68. The van der Waals surface area contributed by atoms with Crippen LogP contribution >= 0.6 is 27.5 Å². The molecule has 0 fully saturated rings. The van der Waals surface area contributed by atoms with Crippen LogP contribution in [0.15, 0.2) is 41.1 Å². The number of nitrogens with one attached hydrogen (secondary N) is 1. The van der Waals surface area contributed by atoms with Crippen molar-refractivity contribution in [2.45, 2.75) is 25.3 Å². The number of halogens is 5. The fourth-order valence-corrected chi connectivity index (χ4v) is 4.31. The average molecular weight is 538 g/mol. The molecular weight excluding hydrogens is 521 g/mol. The van der Waals surface area contributed by atoms with E-state index in [0.717, 1.165) is 30.2 Å². The van der Waals surface area contributed by atoms with Crippen LogP contribution in [0.5, 0.6) is 0 Å². The highest BCUT2D eigenvalue weighted by Gasteiger charge is 2.46. The van der Waals surface area contributed by atoms with Crippen molar-refractivity contribution in [3.05, 3.63) is 51.8 Å². The predicted molar refractivity (Wildman–Crippen MR) is 117 cm³/mol. The van der Waals surface area contributed by atoms with E-state index >= 15 is 0 Å². The van der Waals surface area contributed by atoms with Gasteiger partial charge in [0.05, 0.1) is 16.4 Å². The molecule has 0 saturated carbocycles. The number of alkyl halides is 3. The van der Waals surface area contributed by atoms with Crippen molar-refractivity contribution in [2.75, 3.05) is 4.72 Å². The van der Waals surface area contributed by atoms with Crippen LogP contribution in [-0.4, -0.2) is 28.5 Å². The SMILES string of the molecule is CCCc1cc(-c2nc(-c3cc(Br)c(NS(=O)(=O)C(F)(F)F)cc3Cl)cn2C)ccn1. The predicted octanol–water partition coefficient (Wildman–Crippen LogP) is 5.78. The molecule has 0 atom stereocenters. The summed E-state index contributed by atoms with van der Waals surface area (Å²) in [6.07, 6.45) is 5.22. The van der Waals surface area contributed by atoms with E-state index in [-0.39, 0.29) is 15.2 Å². The van der Waals surface area contributed by atoms with Crippen LogP contribution in [0.4, 0.5) is 18.9 Å². The zero-order valence-electron chi connectivity index (χ0n) is 16.3. The maximum atomic E-state index is 12.7. The van der Waals surface area contributed by atoms with E-state index in [4.69, 9.17) is 11.6 Å². The fraction of sp³-hybridized carbons (Fsp3) is 0.263. The van der Waals surface area contributed by atoms with Crippen molar-refractivity contribution in [1.29, 1.82) is 0 Å². The minimum Gasteiger partial charge on any atom is -0.333 e. The van der Waals surface area contributed by atoms with E-state index in [1.165, 1.54) is 10.8 Å². The second-order valence-electron chi connectivity index (χ2n) is 6.71. The molecule has 0 spiro atoms. The topological polar surface area (TPSA) is 76.9 Å². The molecule has 166 valence electrons. The lowest BCUT2D eigenvalue weighted by Gasteiger charge is -2.13. The number of hydrogen-bond donors (Lipinski definition) is 1. The summed E-state index contributed by atoms with van der Waals surface area (Å²) in [4.78, 5) is 8.94. The maximum Gasteiger partial charge on any atom is 0.516 e. The number of sulfonamides is 1. The number of hydrogen-bond acceptors (Lipinski definition) is 4. The van der Waals surface area contributed by atoms with Gasteiger partial charge in [0.15, 0.2) is 0 Å². The average Bonchev–Trinajstić information content (AvgIpc) is 3.05. The molecule has 1 aromatic carbocycles. The van der Waals surface area contributed by atoms with Crippen LogP contribution in [0.1, 0.15) is 19.0 Å². The summed E-state index contributed by atoms with van der Waals surface area (Å²) in [5.74, 6) is 0.656. The normalized spacial score (nSPS) is 12.2. The van der Waals surface area contributed by atoms with Crippen LogP contribution in [0.3, 0.4) is 0 Å². The third kappa shape index (κ3) is 5.04. The Labute approximate surface area is 190 Å². The van der Waals surface area contributed by atoms with E-state index in [1.807, 2.05) is 12.1 Å². The number of imidazole rings is 1. The number of nitrogens with zero attached hydrogens (tertiary/aromatic N) is 3. The van der Waals surface area contributed by atoms with Gasteiger partial charge in [-0.3, -0.25) is 9.71 Å². The first-order chi connectivity index (χ1) is 14.4. The summed E-state index contributed by atoms with van der Waals surface area (Å²) in [5.41, 5.74) is -3.09. The molecule has 0 aliphatic carbocycles. The molecule has 0 bridgehead atoms. The lowest BCUT2D eigenvalue weighted by Crippen LogP contribution is -2.30. The first-order valence-corrected chi connectivity index (χ1v) is 11.7. The van der Waals surface area contributed by atoms with Gasteiger partial charge in [0.25, 0.3) is 0 Å². The van der Waals surface area contributed by atoms with Crippen LogP contribution in [0, 0.1) is 0 Å². The Morgan fingerprint density at radius 3 is 2.61 bits per heavy atom. The van der Waals surface area contributed by atoms with Crippen molar-refractivity contribution in [3.8, 4) is 22.6 Å². The van der Waals surface area contributed by atoms with Gasteiger partial charge < -0.3 is 4.57 Å². The number of aromatic nitrogens is 3. The third-order valence-electron chi connectivity index (χ3n) is 4.34. The van der Waals surface area contributed by atoms with Crippen LogP contribution in [0.2, 0.25) is 5.02 Å². The van der Waals surface area contributed by atoms with E-state index in [1.54, 1.807) is 24.0 Å². The minimum atomic E-state index is -5.58. The van der Waals surface area contributed by atoms with E-state index in [2.05, 4.69) is 32.8 Å². The standard InChI is InChI=1S/C19H17BrClF3N4O2S/c1-3-4-12-7-11(5-6-25-12)18-26-17(10-28(18)2)13-8-14(20)16(9-15(13)21)27-31(29,30)19(22,23)24/h5-10,27H,3-4H2,1-2H3. The van der Waals surface area contributed by atoms with Crippen molar-refractivity contribution in [1.82, 2.24) is 14.5 Å². The molecular formula is C19H17BrClF3N4O2S. The molecule has 0 aliphatic rings. The quantitative estimate of drug-likeness (QED) is 0.432. The molecule has 2 aromatic heterocycles. The molecule has 3 aromatic rings. The smallest absolute Gasteiger partial charge is 0.333 e. The molecule has 6 nitrogen and oxygen atoms in total. The summed E-state index contributed by atoms with van der Waals surface area (Å²) in [5, 5.41) is 0.0362. The van der Waals surface area contributed by atoms with Crippen molar-refractivity contribution in [2.24, 2.45) is 7.05 Å². The van der Waals surface area contributed by atoms with E-state index in [9.17, 15) is 21.6 Å². The second-order valence-corrected chi connectivity index (χ2v) is 9.65. The van der Waals surface area contributed by atoms with Crippen molar-refractivity contribution >= 4 is 43.2 Å². The zero-order valence-corrected chi connectivity index (χ0v) is 19.5. The molecule has 0 aliphatic heterocycles. The van der Waals surface area contributed by atoms with Gasteiger partial charge in [-0.1, -0.05) is 24.9 Å². The summed E-state index contributed by atoms with van der Waals surface area (Å²) < 4.78 is 64.2. The number of aryl methyl sites for hydroxylation is 2. The highest BCUT2D eigenvalue weighted by Crippen LogP contribution is 2.38. The molecule has 12 heteroatoms. The van der Waals surface area contributed by atoms with Crippen LogP contribution in [0.25, 0.3) is 22.6 Å². The Morgan fingerprint density at radius 2 is 1.97 bits per heavy atom.